The van der Waals surface area contributed by atoms with Gasteiger partial charge in [0, 0.05) is 18.8 Å². The summed E-state index contributed by atoms with van der Waals surface area (Å²) in [5.74, 6) is 1.54. The Kier molecular flexibility index (Phi) is 5.34. The van der Waals surface area contributed by atoms with Crippen LogP contribution in [0.1, 0.15) is 38.9 Å². The Bertz CT molecular complexity index is 364. The lowest BCUT2D eigenvalue weighted by atomic mass is 10.1. The molecule has 0 amide bonds. The quantitative estimate of drug-likeness (QED) is 0.853. The minimum atomic E-state index is 0.441. The number of pyridine rings is 1. The number of likely N-dealkylation sites (tertiary alicyclic amines) is 1. The maximum absolute atomic E-state index is 4.48. The fraction of sp³-hybridized carbons (Fsp3) is 0.688. The summed E-state index contributed by atoms with van der Waals surface area (Å²) in [6, 6.07) is 6.64. The zero-order valence-corrected chi connectivity index (χ0v) is 12.5. The van der Waals surface area contributed by atoms with Gasteiger partial charge in [-0.15, -0.1) is 0 Å². The van der Waals surface area contributed by atoms with Crippen LogP contribution in [0, 0.1) is 11.8 Å². The van der Waals surface area contributed by atoms with Crippen molar-refractivity contribution in [3.8, 4) is 0 Å². The highest BCUT2D eigenvalue weighted by atomic mass is 15.2. The van der Waals surface area contributed by atoms with E-state index in [4.69, 9.17) is 0 Å². The second-order valence-electron chi connectivity index (χ2n) is 6.13. The van der Waals surface area contributed by atoms with Gasteiger partial charge in [0.05, 0.1) is 5.69 Å². The van der Waals surface area contributed by atoms with Crippen molar-refractivity contribution < 1.29 is 0 Å². The Morgan fingerprint density at radius 1 is 1.37 bits per heavy atom. The summed E-state index contributed by atoms with van der Waals surface area (Å²) < 4.78 is 0. The van der Waals surface area contributed by atoms with Gasteiger partial charge in [0.25, 0.3) is 0 Å². The van der Waals surface area contributed by atoms with Crippen LogP contribution < -0.4 is 5.32 Å². The lowest BCUT2D eigenvalue weighted by Gasteiger charge is -2.24. The van der Waals surface area contributed by atoms with Crippen LogP contribution in [0.25, 0.3) is 0 Å². The molecule has 2 rings (SSSR count). The van der Waals surface area contributed by atoms with Crippen molar-refractivity contribution in [2.24, 2.45) is 11.8 Å². The van der Waals surface area contributed by atoms with Crippen LogP contribution in [0.15, 0.2) is 24.4 Å². The smallest absolute Gasteiger partial charge is 0.0572 e. The summed E-state index contributed by atoms with van der Waals surface area (Å²) in [7, 11) is 0. The highest BCUT2D eigenvalue weighted by Gasteiger charge is 2.26. The molecular weight excluding hydrogens is 234 g/mol. The minimum Gasteiger partial charge on any atom is -0.316 e. The number of hydrogen-bond acceptors (Lipinski definition) is 3. The average molecular weight is 261 g/mol. The second kappa shape index (κ2) is 7.01. The van der Waals surface area contributed by atoms with E-state index in [0.717, 1.165) is 24.9 Å². The molecule has 0 radical (unpaired) electrons. The van der Waals surface area contributed by atoms with Crippen molar-refractivity contribution >= 4 is 0 Å². The highest BCUT2D eigenvalue weighted by molar-refractivity contribution is 5.08. The predicted octanol–water partition coefficient (Wildman–Crippen LogP) is 2.71. The van der Waals surface area contributed by atoms with Gasteiger partial charge in [-0.05, 0) is 56.9 Å². The molecule has 106 valence electrons. The molecular formula is C16H27N3. The fourth-order valence-corrected chi connectivity index (χ4v) is 2.77. The predicted molar refractivity (Wildman–Crippen MR) is 80.0 cm³/mol. The number of aromatic nitrogens is 1. The number of hydrogen-bond donors (Lipinski definition) is 1. The van der Waals surface area contributed by atoms with Crippen LogP contribution in [0.3, 0.4) is 0 Å². The molecule has 0 saturated carbocycles. The molecule has 1 aromatic heterocycles. The van der Waals surface area contributed by atoms with E-state index in [1.807, 2.05) is 12.3 Å². The summed E-state index contributed by atoms with van der Waals surface area (Å²) in [6.07, 6.45) is 3.20. The summed E-state index contributed by atoms with van der Waals surface area (Å²) >= 11 is 0. The molecule has 3 nitrogen and oxygen atoms in total. The van der Waals surface area contributed by atoms with E-state index in [1.165, 1.54) is 25.2 Å². The van der Waals surface area contributed by atoms with Gasteiger partial charge in [-0.25, -0.2) is 0 Å². The summed E-state index contributed by atoms with van der Waals surface area (Å²) in [5, 5.41) is 3.58. The third-order valence-corrected chi connectivity index (χ3v) is 3.97. The molecule has 0 aliphatic carbocycles. The van der Waals surface area contributed by atoms with Crippen molar-refractivity contribution in [3.05, 3.63) is 30.1 Å². The van der Waals surface area contributed by atoms with Crippen LogP contribution in [0.4, 0.5) is 0 Å². The third-order valence-electron chi connectivity index (χ3n) is 3.97. The summed E-state index contributed by atoms with van der Waals surface area (Å²) in [4.78, 5) is 7.04. The van der Waals surface area contributed by atoms with Gasteiger partial charge < -0.3 is 5.32 Å². The van der Waals surface area contributed by atoms with Crippen molar-refractivity contribution in [2.45, 2.75) is 33.2 Å². The molecule has 19 heavy (non-hydrogen) atoms. The Hall–Kier alpha value is -0.930. The molecule has 0 aromatic carbocycles. The van der Waals surface area contributed by atoms with E-state index in [9.17, 15) is 0 Å². The lowest BCUT2D eigenvalue weighted by molar-refractivity contribution is 0.247. The zero-order chi connectivity index (χ0) is 13.7. The van der Waals surface area contributed by atoms with E-state index >= 15 is 0 Å². The number of nitrogens with one attached hydrogen (secondary N) is 1. The minimum absolute atomic E-state index is 0.441. The van der Waals surface area contributed by atoms with Gasteiger partial charge in [0.15, 0.2) is 0 Å². The summed E-state index contributed by atoms with van der Waals surface area (Å²) in [5.41, 5.74) is 1.19. The molecule has 2 heterocycles. The topological polar surface area (TPSA) is 28.2 Å². The third kappa shape index (κ3) is 4.29. The van der Waals surface area contributed by atoms with Gasteiger partial charge in [-0.3, -0.25) is 9.88 Å². The van der Waals surface area contributed by atoms with Crippen molar-refractivity contribution in [3.63, 3.8) is 0 Å². The normalized spacial score (nSPS) is 22.0. The van der Waals surface area contributed by atoms with Crippen LogP contribution in [-0.4, -0.2) is 36.1 Å². The maximum Gasteiger partial charge on any atom is 0.0572 e. The van der Waals surface area contributed by atoms with Gasteiger partial charge in [-0.2, -0.15) is 0 Å². The molecule has 1 aliphatic heterocycles. The second-order valence-corrected chi connectivity index (χ2v) is 6.13. The Morgan fingerprint density at radius 3 is 2.89 bits per heavy atom. The van der Waals surface area contributed by atoms with Gasteiger partial charge >= 0.3 is 0 Å². The zero-order valence-electron chi connectivity index (χ0n) is 12.5. The first-order valence-corrected chi connectivity index (χ1v) is 7.52. The maximum atomic E-state index is 4.48. The Labute approximate surface area is 117 Å². The fourth-order valence-electron chi connectivity index (χ4n) is 2.77. The van der Waals surface area contributed by atoms with Gasteiger partial charge in [-0.1, -0.05) is 19.9 Å². The van der Waals surface area contributed by atoms with Crippen molar-refractivity contribution in [1.29, 1.82) is 0 Å². The standard InChI is InChI=1S/C16H27N3/c1-13(2)10-17-11-15-7-9-19(12-15)14(3)16-6-4-5-8-18-16/h4-6,8,13-15,17H,7,9-12H2,1-3H3. The molecule has 1 N–H and O–H groups in total. The van der Waals surface area contributed by atoms with E-state index < -0.39 is 0 Å². The molecule has 1 fully saturated rings. The van der Waals surface area contributed by atoms with Gasteiger partial charge in [0.2, 0.25) is 0 Å². The first-order valence-electron chi connectivity index (χ1n) is 7.52. The molecule has 0 spiro atoms. The average Bonchev–Trinajstić information content (AvgIpc) is 2.87. The van der Waals surface area contributed by atoms with E-state index in [2.05, 4.69) is 48.1 Å². The van der Waals surface area contributed by atoms with E-state index in [1.54, 1.807) is 0 Å². The van der Waals surface area contributed by atoms with Crippen LogP contribution in [0.5, 0.6) is 0 Å². The van der Waals surface area contributed by atoms with Crippen molar-refractivity contribution in [2.75, 3.05) is 26.2 Å². The molecule has 1 aliphatic rings. The van der Waals surface area contributed by atoms with Gasteiger partial charge in [0.1, 0.15) is 0 Å². The highest BCUT2D eigenvalue weighted by Crippen LogP contribution is 2.25. The lowest BCUT2D eigenvalue weighted by Crippen LogP contribution is -2.30. The van der Waals surface area contributed by atoms with E-state index in [-0.39, 0.29) is 0 Å². The monoisotopic (exact) mass is 261 g/mol. The number of nitrogens with zero attached hydrogens (tertiary/aromatic N) is 2. The molecule has 3 heteroatoms. The molecule has 1 aromatic rings. The molecule has 1 saturated heterocycles. The van der Waals surface area contributed by atoms with Crippen molar-refractivity contribution in [1.82, 2.24) is 15.2 Å². The van der Waals surface area contributed by atoms with Crippen LogP contribution >= 0.6 is 0 Å². The largest absolute Gasteiger partial charge is 0.316 e. The summed E-state index contributed by atoms with van der Waals surface area (Å²) in [6.45, 7) is 11.5. The SMILES string of the molecule is CC(C)CNCC1CCN(C(C)c2ccccn2)C1. The first kappa shape index (κ1) is 14.5. The molecule has 2 unspecified atom stereocenters. The van der Waals surface area contributed by atoms with Crippen LogP contribution in [0.2, 0.25) is 0 Å². The van der Waals surface area contributed by atoms with E-state index in [0.29, 0.717) is 6.04 Å². The number of rotatable bonds is 6. The molecule has 0 bridgehead atoms. The Morgan fingerprint density at radius 2 is 2.21 bits per heavy atom. The first-order chi connectivity index (χ1) is 9.16. The molecule has 2 atom stereocenters. The van der Waals surface area contributed by atoms with Crippen LogP contribution in [-0.2, 0) is 0 Å². The Balaban J connectivity index is 1.78.